The maximum Gasteiger partial charge on any atom is 0.211 e. The minimum atomic E-state index is -0.100. The Morgan fingerprint density at radius 1 is 1.57 bits per heavy atom. The molecular weight excluding hydrogens is 248 g/mol. The molecule has 0 aliphatic carbocycles. The Balaban J connectivity index is 2.31. The molecule has 5 heteroatoms. The summed E-state index contributed by atoms with van der Waals surface area (Å²) in [6, 6.07) is 0. The molecule has 0 N–H and O–H groups in total. The molecule has 1 aliphatic rings. The smallest absolute Gasteiger partial charge is 0.211 e. The molecule has 0 amide bonds. The van der Waals surface area contributed by atoms with Gasteiger partial charge >= 0.3 is 0 Å². The van der Waals surface area contributed by atoms with Gasteiger partial charge in [0.2, 0.25) is 5.78 Å². The highest BCUT2D eigenvalue weighted by Crippen LogP contribution is 2.20. The first-order valence-electron chi connectivity index (χ1n) is 4.10. The molecule has 0 radical (unpaired) electrons. The Labute approximate surface area is 89.1 Å². The summed E-state index contributed by atoms with van der Waals surface area (Å²) < 4.78 is 5.61. The number of ether oxygens (including phenoxy) is 1. The van der Waals surface area contributed by atoms with Gasteiger partial charge in [-0.3, -0.25) is 4.79 Å². The lowest BCUT2D eigenvalue weighted by atomic mass is 10.1. The topological polar surface area (TPSA) is 52.1 Å². The van der Waals surface area contributed by atoms with Crippen molar-refractivity contribution in [2.24, 2.45) is 0 Å². The van der Waals surface area contributed by atoms with Gasteiger partial charge in [0.05, 0.1) is 17.3 Å². The summed E-state index contributed by atoms with van der Waals surface area (Å²) in [4.78, 5) is 19.5. The fourth-order valence-electron chi connectivity index (χ4n) is 1.19. The van der Waals surface area contributed by atoms with Crippen LogP contribution in [0.1, 0.15) is 16.9 Å². The summed E-state index contributed by atoms with van der Waals surface area (Å²) in [6.45, 7) is 0.573. The number of nitrogens with zero attached hydrogens (tertiary/aromatic N) is 2. The standard InChI is InChI=1S/C9H7BrN2O2/c10-7-3-11-5-12-8(7)9(13)6-1-2-14-4-6/h3-5H,1-2H2. The van der Waals surface area contributed by atoms with Gasteiger partial charge in [0.1, 0.15) is 12.0 Å². The maximum absolute atomic E-state index is 11.8. The first-order valence-corrected chi connectivity index (χ1v) is 4.89. The second-order valence-corrected chi connectivity index (χ2v) is 3.67. The van der Waals surface area contributed by atoms with Gasteiger partial charge in [0.15, 0.2) is 0 Å². The molecule has 72 valence electrons. The van der Waals surface area contributed by atoms with Gasteiger partial charge in [-0.15, -0.1) is 0 Å². The number of Topliss-reactive ketones (excluding diaryl/α,β-unsaturated/α-hetero) is 1. The van der Waals surface area contributed by atoms with Crippen LogP contribution in [0, 0.1) is 0 Å². The predicted octanol–water partition coefficient (Wildman–Crippen LogP) is 1.73. The van der Waals surface area contributed by atoms with Crippen LogP contribution >= 0.6 is 15.9 Å². The van der Waals surface area contributed by atoms with Crippen molar-refractivity contribution in [2.75, 3.05) is 6.61 Å². The summed E-state index contributed by atoms with van der Waals surface area (Å²) in [5, 5.41) is 0. The number of halogens is 1. The summed E-state index contributed by atoms with van der Waals surface area (Å²) in [5.74, 6) is -0.100. The zero-order valence-corrected chi connectivity index (χ0v) is 8.82. The van der Waals surface area contributed by atoms with Crippen molar-refractivity contribution in [3.05, 3.63) is 34.5 Å². The van der Waals surface area contributed by atoms with Gasteiger partial charge in [0, 0.05) is 18.2 Å². The highest BCUT2D eigenvalue weighted by molar-refractivity contribution is 9.10. The fraction of sp³-hybridized carbons (Fsp3) is 0.222. The molecule has 0 aromatic carbocycles. The number of hydrogen-bond donors (Lipinski definition) is 0. The summed E-state index contributed by atoms with van der Waals surface area (Å²) in [6.07, 6.45) is 5.05. The fourth-order valence-corrected chi connectivity index (χ4v) is 1.59. The molecule has 4 nitrogen and oxygen atoms in total. The molecule has 0 atom stereocenters. The van der Waals surface area contributed by atoms with Crippen molar-refractivity contribution in [1.29, 1.82) is 0 Å². The molecule has 0 bridgehead atoms. The lowest BCUT2D eigenvalue weighted by Crippen LogP contribution is -2.06. The van der Waals surface area contributed by atoms with Crippen LogP contribution in [0.5, 0.6) is 0 Å². The van der Waals surface area contributed by atoms with Gasteiger partial charge in [0.25, 0.3) is 0 Å². The first kappa shape index (κ1) is 9.33. The molecule has 1 aromatic heterocycles. The first-order chi connectivity index (χ1) is 6.79. The van der Waals surface area contributed by atoms with E-state index in [0.29, 0.717) is 28.8 Å². The van der Waals surface area contributed by atoms with Crippen molar-refractivity contribution >= 4 is 21.7 Å². The number of ketones is 1. The number of aromatic nitrogens is 2. The SMILES string of the molecule is O=C(C1=COCC1)c1ncncc1Br. The van der Waals surface area contributed by atoms with E-state index in [0.717, 1.165) is 0 Å². The lowest BCUT2D eigenvalue weighted by molar-refractivity contribution is 0.102. The zero-order valence-electron chi connectivity index (χ0n) is 7.24. The third-order valence-electron chi connectivity index (χ3n) is 1.89. The van der Waals surface area contributed by atoms with Crippen molar-refractivity contribution in [1.82, 2.24) is 9.97 Å². The van der Waals surface area contributed by atoms with Gasteiger partial charge in [-0.2, -0.15) is 0 Å². The van der Waals surface area contributed by atoms with E-state index in [2.05, 4.69) is 25.9 Å². The molecule has 0 saturated carbocycles. The van der Waals surface area contributed by atoms with Gasteiger partial charge in [-0.1, -0.05) is 0 Å². The van der Waals surface area contributed by atoms with Crippen LogP contribution in [-0.4, -0.2) is 22.4 Å². The van der Waals surface area contributed by atoms with E-state index < -0.39 is 0 Å². The van der Waals surface area contributed by atoms with Crippen LogP contribution < -0.4 is 0 Å². The van der Waals surface area contributed by atoms with E-state index in [9.17, 15) is 4.79 Å². The normalized spacial score (nSPS) is 14.8. The van der Waals surface area contributed by atoms with Gasteiger partial charge in [-0.25, -0.2) is 9.97 Å². The van der Waals surface area contributed by atoms with Crippen molar-refractivity contribution in [3.63, 3.8) is 0 Å². The Morgan fingerprint density at radius 3 is 3.07 bits per heavy atom. The van der Waals surface area contributed by atoms with Gasteiger partial charge < -0.3 is 4.74 Å². The molecule has 2 rings (SSSR count). The molecule has 0 saturated heterocycles. The van der Waals surface area contributed by atoms with Crippen LogP contribution in [0.4, 0.5) is 0 Å². The molecule has 2 heterocycles. The molecule has 0 unspecified atom stereocenters. The average molecular weight is 255 g/mol. The minimum absolute atomic E-state index is 0.100. The predicted molar refractivity (Wildman–Crippen MR) is 52.7 cm³/mol. The van der Waals surface area contributed by atoms with E-state index in [1.807, 2.05) is 0 Å². The Bertz CT molecular complexity index is 404. The monoisotopic (exact) mass is 254 g/mol. The third-order valence-corrected chi connectivity index (χ3v) is 2.47. The number of rotatable bonds is 2. The largest absolute Gasteiger partial charge is 0.500 e. The van der Waals surface area contributed by atoms with Crippen LogP contribution in [0.25, 0.3) is 0 Å². The molecule has 0 spiro atoms. The molecule has 0 fully saturated rings. The highest BCUT2D eigenvalue weighted by Gasteiger charge is 2.19. The van der Waals surface area contributed by atoms with Crippen LogP contribution in [0.3, 0.4) is 0 Å². The van der Waals surface area contributed by atoms with Gasteiger partial charge in [-0.05, 0) is 15.9 Å². The Morgan fingerprint density at radius 2 is 2.43 bits per heavy atom. The van der Waals surface area contributed by atoms with Crippen molar-refractivity contribution in [2.45, 2.75) is 6.42 Å². The second kappa shape index (κ2) is 3.88. The number of carbonyl (C=O) groups is 1. The highest BCUT2D eigenvalue weighted by atomic mass is 79.9. The van der Waals surface area contributed by atoms with Crippen LogP contribution in [0.15, 0.2) is 28.8 Å². The Kier molecular flexibility index (Phi) is 2.58. The molecule has 1 aliphatic heterocycles. The van der Waals surface area contributed by atoms with E-state index in [4.69, 9.17) is 4.74 Å². The zero-order chi connectivity index (χ0) is 9.97. The molecule has 1 aromatic rings. The number of hydrogen-bond acceptors (Lipinski definition) is 4. The summed E-state index contributed by atoms with van der Waals surface area (Å²) in [5.41, 5.74) is 1.04. The molecular formula is C9H7BrN2O2. The maximum atomic E-state index is 11.8. The lowest BCUT2D eigenvalue weighted by Gasteiger charge is -2.00. The summed E-state index contributed by atoms with van der Waals surface area (Å²) >= 11 is 3.23. The van der Waals surface area contributed by atoms with Crippen molar-refractivity contribution in [3.8, 4) is 0 Å². The van der Waals surface area contributed by atoms with E-state index in [1.54, 1.807) is 6.20 Å². The second-order valence-electron chi connectivity index (χ2n) is 2.81. The summed E-state index contributed by atoms with van der Waals surface area (Å²) in [7, 11) is 0. The van der Waals surface area contributed by atoms with E-state index in [-0.39, 0.29) is 5.78 Å². The minimum Gasteiger partial charge on any atom is -0.500 e. The Hall–Kier alpha value is -1.23. The molecule has 14 heavy (non-hydrogen) atoms. The quantitative estimate of drug-likeness (QED) is 0.755. The van der Waals surface area contributed by atoms with E-state index >= 15 is 0 Å². The van der Waals surface area contributed by atoms with Crippen molar-refractivity contribution < 1.29 is 9.53 Å². The van der Waals surface area contributed by atoms with E-state index in [1.165, 1.54) is 12.6 Å². The number of carbonyl (C=O) groups excluding carboxylic acids is 1. The third kappa shape index (κ3) is 1.68. The van der Waals surface area contributed by atoms with Crippen LogP contribution in [-0.2, 0) is 4.74 Å². The van der Waals surface area contributed by atoms with Crippen LogP contribution in [0.2, 0.25) is 0 Å². The average Bonchev–Trinajstić information content (AvgIpc) is 2.70.